The maximum atomic E-state index is 13.4. The largest absolute Gasteiger partial charge is 0.497 e. The van der Waals surface area contributed by atoms with Gasteiger partial charge in [-0.2, -0.15) is 0 Å². The van der Waals surface area contributed by atoms with Crippen molar-refractivity contribution in [3.63, 3.8) is 0 Å². The molecule has 3 aromatic carbocycles. The Morgan fingerprint density at radius 3 is 2.52 bits per heavy atom. The lowest BCUT2D eigenvalue weighted by Gasteiger charge is -2.26. The fourth-order valence-electron chi connectivity index (χ4n) is 4.87. The van der Waals surface area contributed by atoms with Gasteiger partial charge >= 0.3 is 5.97 Å². The molecule has 4 aromatic rings. The molecular formula is C27H24N2O4. The molecule has 5 rings (SSSR count). The van der Waals surface area contributed by atoms with Crippen LogP contribution in [0.4, 0.5) is 0 Å². The number of nitrogens with zero attached hydrogens (tertiary/aromatic N) is 2. The molecule has 0 fully saturated rings. The average molecular weight is 440 g/mol. The van der Waals surface area contributed by atoms with E-state index in [1.54, 1.807) is 12.0 Å². The summed E-state index contributed by atoms with van der Waals surface area (Å²) >= 11 is 0. The summed E-state index contributed by atoms with van der Waals surface area (Å²) in [6.07, 6.45) is 0. The van der Waals surface area contributed by atoms with Crippen LogP contribution < -0.4 is 4.74 Å². The molecule has 1 aromatic heterocycles. The minimum absolute atomic E-state index is 0.130. The standard InChI is InChI=1S/C27H24N2O4/c1-28-22-14-7-6-13-21(22)24(25(28)17-9-8-10-18(15-17)32-2)26-19-11-4-5-12-20(19)27(31)29(26)16-23(30)33-3/h4-15,26H,16H2,1-3H3/t26-/m1/s1. The molecule has 0 radical (unpaired) electrons. The van der Waals surface area contributed by atoms with E-state index in [9.17, 15) is 9.59 Å². The van der Waals surface area contributed by atoms with Gasteiger partial charge in [0, 0.05) is 34.6 Å². The van der Waals surface area contributed by atoms with E-state index < -0.39 is 12.0 Å². The average Bonchev–Trinajstić information content (AvgIpc) is 3.30. The predicted molar refractivity (Wildman–Crippen MR) is 126 cm³/mol. The predicted octanol–water partition coefficient (Wildman–Crippen LogP) is 4.57. The summed E-state index contributed by atoms with van der Waals surface area (Å²) in [5.41, 5.74) is 5.45. The second-order valence-electron chi connectivity index (χ2n) is 8.07. The van der Waals surface area contributed by atoms with Crippen LogP contribution in [0.15, 0.2) is 72.8 Å². The van der Waals surface area contributed by atoms with Gasteiger partial charge in [-0.1, -0.05) is 48.5 Å². The number of benzene rings is 3. The number of aromatic nitrogens is 1. The number of carbonyl (C=O) groups excluding carboxylic acids is 2. The Labute approximate surface area is 192 Å². The van der Waals surface area contributed by atoms with E-state index in [1.807, 2.05) is 67.7 Å². The first-order valence-corrected chi connectivity index (χ1v) is 10.7. The number of fused-ring (bicyclic) bond motifs is 2. The lowest BCUT2D eigenvalue weighted by Crippen LogP contribution is -2.34. The molecule has 0 N–H and O–H groups in total. The summed E-state index contributed by atoms with van der Waals surface area (Å²) in [7, 11) is 5.00. The van der Waals surface area contributed by atoms with E-state index in [0.717, 1.165) is 39.0 Å². The number of esters is 1. The summed E-state index contributed by atoms with van der Waals surface area (Å²) in [6, 6.07) is 23.1. The highest BCUT2D eigenvalue weighted by Crippen LogP contribution is 2.46. The quantitative estimate of drug-likeness (QED) is 0.427. The molecular weight excluding hydrogens is 416 g/mol. The van der Waals surface area contributed by atoms with E-state index in [-0.39, 0.29) is 12.5 Å². The fourth-order valence-corrected chi connectivity index (χ4v) is 4.87. The Bertz CT molecular complexity index is 1390. The lowest BCUT2D eigenvalue weighted by molar-refractivity contribution is -0.141. The number of para-hydroxylation sites is 1. The van der Waals surface area contributed by atoms with Crippen molar-refractivity contribution in [1.29, 1.82) is 0 Å². The summed E-state index contributed by atoms with van der Waals surface area (Å²) in [5.74, 6) is 0.118. The van der Waals surface area contributed by atoms with Crippen LogP contribution in [-0.4, -0.2) is 42.1 Å². The fraction of sp³-hybridized carbons (Fsp3) is 0.185. The summed E-state index contributed by atoms with van der Waals surface area (Å²) in [4.78, 5) is 27.3. The Balaban J connectivity index is 1.83. The molecule has 166 valence electrons. The van der Waals surface area contributed by atoms with Crippen LogP contribution in [0.3, 0.4) is 0 Å². The number of aryl methyl sites for hydroxylation is 1. The zero-order chi connectivity index (χ0) is 23.1. The van der Waals surface area contributed by atoms with Crippen LogP contribution in [0.2, 0.25) is 0 Å². The van der Waals surface area contributed by atoms with Crippen LogP contribution >= 0.6 is 0 Å². The second-order valence-corrected chi connectivity index (χ2v) is 8.07. The number of hydrogen-bond acceptors (Lipinski definition) is 4. The number of hydrogen-bond donors (Lipinski definition) is 0. The Morgan fingerprint density at radius 2 is 1.73 bits per heavy atom. The molecule has 0 unspecified atom stereocenters. The molecule has 0 saturated heterocycles. The smallest absolute Gasteiger partial charge is 0.325 e. The van der Waals surface area contributed by atoms with Gasteiger partial charge < -0.3 is 18.9 Å². The molecule has 1 amide bonds. The molecule has 0 aliphatic carbocycles. The lowest BCUT2D eigenvalue weighted by atomic mass is 9.93. The third-order valence-electron chi connectivity index (χ3n) is 6.35. The highest BCUT2D eigenvalue weighted by molar-refractivity contribution is 6.03. The monoisotopic (exact) mass is 440 g/mol. The van der Waals surface area contributed by atoms with Crippen LogP contribution in [-0.2, 0) is 16.6 Å². The molecule has 6 nitrogen and oxygen atoms in total. The third-order valence-corrected chi connectivity index (χ3v) is 6.35. The van der Waals surface area contributed by atoms with Crippen molar-refractivity contribution in [2.75, 3.05) is 20.8 Å². The molecule has 1 atom stereocenters. The van der Waals surface area contributed by atoms with Crippen molar-refractivity contribution in [2.45, 2.75) is 6.04 Å². The molecule has 1 aliphatic heterocycles. The third kappa shape index (κ3) is 3.26. The highest BCUT2D eigenvalue weighted by atomic mass is 16.5. The SMILES string of the molecule is COC(=O)CN1C(=O)c2ccccc2[C@@H]1c1c(-c2cccc(OC)c2)n(C)c2ccccc12. The van der Waals surface area contributed by atoms with Gasteiger partial charge in [0.05, 0.1) is 26.0 Å². The van der Waals surface area contributed by atoms with E-state index in [0.29, 0.717) is 5.56 Å². The zero-order valence-electron chi connectivity index (χ0n) is 18.7. The molecule has 2 heterocycles. The van der Waals surface area contributed by atoms with Gasteiger partial charge in [-0.25, -0.2) is 0 Å². The number of methoxy groups -OCH3 is 2. The number of rotatable bonds is 5. The first kappa shape index (κ1) is 20.8. The number of carbonyl (C=O) groups is 2. The number of amides is 1. The van der Waals surface area contributed by atoms with Crippen molar-refractivity contribution < 1.29 is 19.1 Å². The molecule has 0 spiro atoms. The molecule has 33 heavy (non-hydrogen) atoms. The van der Waals surface area contributed by atoms with Crippen molar-refractivity contribution >= 4 is 22.8 Å². The minimum atomic E-state index is -0.454. The normalized spacial score (nSPS) is 15.1. The molecule has 0 bridgehead atoms. The van der Waals surface area contributed by atoms with Crippen molar-refractivity contribution in [1.82, 2.24) is 9.47 Å². The summed E-state index contributed by atoms with van der Waals surface area (Å²) < 4.78 is 12.5. The number of ether oxygens (including phenoxy) is 2. The van der Waals surface area contributed by atoms with E-state index in [4.69, 9.17) is 9.47 Å². The van der Waals surface area contributed by atoms with Gasteiger partial charge in [-0.3, -0.25) is 9.59 Å². The van der Waals surface area contributed by atoms with Crippen LogP contribution in [0.25, 0.3) is 22.2 Å². The van der Waals surface area contributed by atoms with Crippen LogP contribution in [0.5, 0.6) is 5.75 Å². The topological polar surface area (TPSA) is 60.8 Å². The zero-order valence-corrected chi connectivity index (χ0v) is 18.7. The first-order chi connectivity index (χ1) is 16.0. The molecule has 6 heteroatoms. The van der Waals surface area contributed by atoms with E-state index in [1.165, 1.54) is 7.11 Å². The Morgan fingerprint density at radius 1 is 0.970 bits per heavy atom. The Kier molecular flexibility index (Phi) is 5.13. The van der Waals surface area contributed by atoms with E-state index >= 15 is 0 Å². The maximum Gasteiger partial charge on any atom is 0.325 e. The van der Waals surface area contributed by atoms with Gasteiger partial charge in [0.25, 0.3) is 5.91 Å². The van der Waals surface area contributed by atoms with E-state index in [2.05, 4.69) is 16.7 Å². The van der Waals surface area contributed by atoms with Crippen LogP contribution in [0, 0.1) is 0 Å². The van der Waals surface area contributed by atoms with Crippen molar-refractivity contribution in [3.8, 4) is 17.0 Å². The van der Waals surface area contributed by atoms with Gasteiger partial charge in [0.1, 0.15) is 12.3 Å². The molecule has 0 saturated carbocycles. The minimum Gasteiger partial charge on any atom is -0.497 e. The second kappa shape index (κ2) is 8.13. The van der Waals surface area contributed by atoms with Crippen molar-refractivity contribution in [2.24, 2.45) is 7.05 Å². The first-order valence-electron chi connectivity index (χ1n) is 10.7. The van der Waals surface area contributed by atoms with Gasteiger partial charge in [-0.05, 0) is 29.8 Å². The van der Waals surface area contributed by atoms with Gasteiger partial charge in [0.15, 0.2) is 0 Å². The molecule has 1 aliphatic rings. The Hall–Kier alpha value is -4.06. The van der Waals surface area contributed by atoms with Crippen molar-refractivity contribution in [3.05, 3.63) is 89.5 Å². The summed E-state index contributed by atoms with van der Waals surface area (Å²) in [5, 5.41) is 1.03. The summed E-state index contributed by atoms with van der Waals surface area (Å²) in [6.45, 7) is -0.130. The maximum absolute atomic E-state index is 13.4. The van der Waals surface area contributed by atoms with Gasteiger partial charge in [-0.15, -0.1) is 0 Å². The highest BCUT2D eigenvalue weighted by Gasteiger charge is 2.41. The van der Waals surface area contributed by atoms with Gasteiger partial charge in [0.2, 0.25) is 0 Å². The van der Waals surface area contributed by atoms with Crippen LogP contribution in [0.1, 0.15) is 27.5 Å².